The van der Waals surface area contributed by atoms with E-state index in [4.69, 9.17) is 9.62 Å². The van der Waals surface area contributed by atoms with Crippen LogP contribution in [-0.2, 0) is 4.79 Å². The number of hydrogen-bond acceptors (Lipinski definition) is 7. The maximum atomic E-state index is 11.0. The second-order valence-corrected chi connectivity index (χ2v) is 4.98. The number of nitrogens with one attached hydrogen (secondary N) is 1. The van der Waals surface area contributed by atoms with Crippen LogP contribution in [0.4, 0.5) is 0 Å². The molecule has 2 aromatic heterocycles. The summed E-state index contributed by atoms with van der Waals surface area (Å²) in [5.41, 5.74) is 3.27. The summed E-state index contributed by atoms with van der Waals surface area (Å²) < 4.78 is 7.25. The predicted octanol–water partition coefficient (Wildman–Crippen LogP) is 0.910. The maximum Gasteiger partial charge on any atom is 0.267 e. The minimum absolute atomic E-state index is 0.0820. The van der Waals surface area contributed by atoms with Crippen molar-refractivity contribution in [3.8, 4) is 0 Å². The lowest BCUT2D eigenvalue weighted by molar-refractivity contribution is -0.124. The summed E-state index contributed by atoms with van der Waals surface area (Å²) >= 11 is 0. The number of aromatic nitrogens is 4. The molecule has 0 spiro atoms. The van der Waals surface area contributed by atoms with E-state index >= 15 is 0 Å². The summed E-state index contributed by atoms with van der Waals surface area (Å²) in [6.07, 6.45) is 4.46. The minimum atomic E-state index is -0.671. The van der Waals surface area contributed by atoms with Gasteiger partial charge >= 0.3 is 0 Å². The standard InChI is InChI=1S/C15H15N5O4/c21-8-7-12(15-16-11-3-1-2-4-13(11)24-15)20-9-10(17-19-20)5-6-14(22)18-23/h1-6,9,12,21,23H,7-8H2,(H,18,22). The van der Waals surface area contributed by atoms with Gasteiger partial charge in [0.25, 0.3) is 5.91 Å². The van der Waals surface area contributed by atoms with E-state index in [0.29, 0.717) is 23.6 Å². The number of aliphatic hydroxyl groups excluding tert-OH is 1. The van der Waals surface area contributed by atoms with Crippen LogP contribution < -0.4 is 5.48 Å². The van der Waals surface area contributed by atoms with E-state index in [2.05, 4.69) is 15.3 Å². The number of fused-ring (bicyclic) bond motifs is 1. The quantitative estimate of drug-likeness (QED) is 0.348. The van der Waals surface area contributed by atoms with E-state index in [0.717, 1.165) is 11.6 Å². The average Bonchev–Trinajstić information content (AvgIpc) is 3.24. The fourth-order valence-electron chi connectivity index (χ4n) is 2.24. The van der Waals surface area contributed by atoms with Crippen LogP contribution in [0.2, 0.25) is 0 Å². The smallest absolute Gasteiger partial charge is 0.267 e. The highest BCUT2D eigenvalue weighted by atomic mass is 16.5. The summed E-state index contributed by atoms with van der Waals surface area (Å²) in [7, 11) is 0. The third-order valence-electron chi connectivity index (χ3n) is 3.36. The predicted molar refractivity (Wildman–Crippen MR) is 82.8 cm³/mol. The van der Waals surface area contributed by atoms with Crippen molar-refractivity contribution in [2.75, 3.05) is 6.61 Å². The Bertz CT molecular complexity index is 837. The molecule has 3 N–H and O–H groups in total. The topological polar surface area (TPSA) is 126 Å². The van der Waals surface area contributed by atoms with Crippen molar-refractivity contribution in [3.05, 3.63) is 48.1 Å². The van der Waals surface area contributed by atoms with Gasteiger partial charge in [-0.25, -0.2) is 15.1 Å². The van der Waals surface area contributed by atoms with Gasteiger partial charge in [-0.15, -0.1) is 5.10 Å². The fourth-order valence-corrected chi connectivity index (χ4v) is 2.24. The molecule has 0 radical (unpaired) electrons. The molecule has 24 heavy (non-hydrogen) atoms. The van der Waals surface area contributed by atoms with Crippen molar-refractivity contribution < 1.29 is 19.5 Å². The highest BCUT2D eigenvalue weighted by Gasteiger charge is 2.21. The fraction of sp³-hybridized carbons (Fsp3) is 0.200. The molecule has 3 aromatic rings. The van der Waals surface area contributed by atoms with Crippen molar-refractivity contribution in [2.45, 2.75) is 12.5 Å². The van der Waals surface area contributed by atoms with Gasteiger partial charge in [-0.1, -0.05) is 17.3 Å². The Balaban J connectivity index is 1.89. The molecule has 124 valence electrons. The van der Waals surface area contributed by atoms with Crippen LogP contribution in [0.3, 0.4) is 0 Å². The van der Waals surface area contributed by atoms with Crippen LogP contribution in [0.5, 0.6) is 0 Å². The lowest BCUT2D eigenvalue weighted by Crippen LogP contribution is -2.14. The molecule has 0 aliphatic rings. The maximum absolute atomic E-state index is 11.0. The van der Waals surface area contributed by atoms with Crippen molar-refractivity contribution >= 4 is 23.1 Å². The van der Waals surface area contributed by atoms with Crippen molar-refractivity contribution in [1.82, 2.24) is 25.5 Å². The monoisotopic (exact) mass is 329 g/mol. The first kappa shape index (κ1) is 15.8. The van der Waals surface area contributed by atoms with Crippen LogP contribution in [-0.4, -0.2) is 42.8 Å². The zero-order valence-electron chi connectivity index (χ0n) is 12.5. The van der Waals surface area contributed by atoms with Crippen LogP contribution in [0.1, 0.15) is 24.0 Å². The first-order valence-electron chi connectivity index (χ1n) is 7.21. The molecule has 1 amide bonds. The van der Waals surface area contributed by atoms with Gasteiger partial charge in [-0.05, 0) is 18.2 Å². The number of para-hydroxylation sites is 2. The molecule has 1 aromatic carbocycles. The number of nitrogens with zero attached hydrogens (tertiary/aromatic N) is 4. The molecule has 3 rings (SSSR count). The zero-order chi connectivity index (χ0) is 16.9. The van der Waals surface area contributed by atoms with Gasteiger partial charge in [-0.2, -0.15) is 0 Å². The normalized spacial score (nSPS) is 12.8. The molecule has 0 bridgehead atoms. The molecule has 0 saturated heterocycles. The zero-order valence-corrected chi connectivity index (χ0v) is 12.5. The summed E-state index contributed by atoms with van der Waals surface area (Å²) in [5, 5.41) is 25.7. The molecule has 9 heteroatoms. The number of aliphatic hydroxyl groups is 1. The van der Waals surface area contributed by atoms with Gasteiger partial charge in [0.15, 0.2) is 5.58 Å². The molecule has 0 saturated carbocycles. The number of hydroxylamine groups is 1. The second-order valence-electron chi connectivity index (χ2n) is 4.98. The first-order valence-corrected chi connectivity index (χ1v) is 7.21. The SMILES string of the molecule is O=C(C=Cc1cn(C(CCO)c2nc3ccccc3o2)nn1)NO. The molecule has 2 heterocycles. The number of rotatable bonds is 6. The lowest BCUT2D eigenvalue weighted by atomic mass is 10.2. The molecular formula is C15H15N5O4. The van der Waals surface area contributed by atoms with Crippen molar-refractivity contribution in [3.63, 3.8) is 0 Å². The molecule has 0 aliphatic carbocycles. The van der Waals surface area contributed by atoms with E-state index in [-0.39, 0.29) is 6.61 Å². The summed E-state index contributed by atoms with van der Waals surface area (Å²) in [6.45, 7) is -0.0820. The third kappa shape index (κ3) is 3.31. The van der Waals surface area contributed by atoms with Crippen LogP contribution in [0.15, 0.2) is 41.0 Å². The lowest BCUT2D eigenvalue weighted by Gasteiger charge is -2.11. The Morgan fingerprint density at radius 2 is 2.25 bits per heavy atom. The van der Waals surface area contributed by atoms with Gasteiger partial charge in [0.2, 0.25) is 5.89 Å². The first-order chi connectivity index (χ1) is 11.7. The van der Waals surface area contributed by atoms with E-state index in [1.807, 2.05) is 24.3 Å². The van der Waals surface area contributed by atoms with E-state index < -0.39 is 11.9 Å². The molecular weight excluding hydrogens is 314 g/mol. The van der Waals surface area contributed by atoms with Crippen LogP contribution in [0.25, 0.3) is 17.2 Å². The average molecular weight is 329 g/mol. The van der Waals surface area contributed by atoms with Gasteiger partial charge in [-0.3, -0.25) is 10.0 Å². The highest BCUT2D eigenvalue weighted by molar-refractivity contribution is 5.90. The van der Waals surface area contributed by atoms with Gasteiger partial charge < -0.3 is 9.52 Å². The van der Waals surface area contributed by atoms with Crippen LogP contribution >= 0.6 is 0 Å². The number of amides is 1. The number of hydrogen-bond donors (Lipinski definition) is 3. The number of carbonyl (C=O) groups excluding carboxylic acids is 1. The highest BCUT2D eigenvalue weighted by Crippen LogP contribution is 2.24. The summed E-state index contributed by atoms with van der Waals surface area (Å²) in [5.74, 6) is -0.255. The van der Waals surface area contributed by atoms with Gasteiger partial charge in [0.05, 0.1) is 6.20 Å². The molecule has 0 aliphatic heterocycles. The summed E-state index contributed by atoms with van der Waals surface area (Å²) in [4.78, 5) is 15.4. The number of oxazole rings is 1. The van der Waals surface area contributed by atoms with E-state index in [1.165, 1.54) is 16.2 Å². The van der Waals surface area contributed by atoms with E-state index in [1.54, 1.807) is 6.20 Å². The molecule has 1 atom stereocenters. The van der Waals surface area contributed by atoms with Crippen LogP contribution in [0, 0.1) is 0 Å². The third-order valence-corrected chi connectivity index (χ3v) is 3.36. The Hall–Kier alpha value is -3.04. The van der Waals surface area contributed by atoms with Gasteiger partial charge in [0.1, 0.15) is 17.3 Å². The molecule has 1 unspecified atom stereocenters. The largest absolute Gasteiger partial charge is 0.438 e. The van der Waals surface area contributed by atoms with Crippen molar-refractivity contribution in [2.24, 2.45) is 0 Å². The van der Waals surface area contributed by atoms with E-state index in [9.17, 15) is 9.90 Å². The molecule has 0 fully saturated rings. The Morgan fingerprint density at radius 3 is 3.00 bits per heavy atom. The summed E-state index contributed by atoms with van der Waals surface area (Å²) in [6, 6.07) is 6.93. The number of carbonyl (C=O) groups is 1. The second kappa shape index (κ2) is 7.02. The Labute approximate surface area is 136 Å². The van der Waals surface area contributed by atoms with Gasteiger partial charge in [0, 0.05) is 19.1 Å². The molecule has 9 nitrogen and oxygen atoms in total. The number of benzene rings is 1. The Kier molecular flexibility index (Phi) is 4.64. The van der Waals surface area contributed by atoms with Crippen molar-refractivity contribution in [1.29, 1.82) is 0 Å². The Morgan fingerprint density at radius 1 is 1.42 bits per heavy atom. The minimum Gasteiger partial charge on any atom is -0.438 e.